The van der Waals surface area contributed by atoms with Gasteiger partial charge in [-0.05, 0) is 101 Å². The summed E-state index contributed by atoms with van der Waals surface area (Å²) >= 11 is 0. The Balaban J connectivity index is 0.00000721. The quantitative estimate of drug-likeness (QED) is 0.0734. The fourth-order valence-corrected chi connectivity index (χ4v) is 17.8. The molecule has 0 aliphatic carbocycles. The first-order chi connectivity index (χ1) is 39.2. The molecule has 12 rings (SSSR count). The maximum atomic E-state index is 6.96. The number of fused-ring (bicyclic) bond motifs is 4. The minimum Gasteiger partial charge on any atom is -0.509 e. The smallest absolute Gasteiger partial charge is 0.179 e. The van der Waals surface area contributed by atoms with Crippen molar-refractivity contribution in [2.45, 2.75) is 98.2 Å². The number of ether oxygens (including phenoxy) is 1. The molecule has 0 radical (unpaired) electrons. The molecule has 0 amide bonds. The molecule has 0 fully saturated rings. The van der Waals surface area contributed by atoms with Crippen LogP contribution in [0.15, 0.2) is 219 Å². The van der Waals surface area contributed by atoms with Crippen LogP contribution in [0.5, 0.6) is 11.5 Å². The van der Waals surface area contributed by atoms with Crippen molar-refractivity contribution in [1.82, 2.24) is 9.55 Å². The topological polar surface area (TPSA) is 33.5 Å². The fraction of sp³-hybridized carbons (Fsp3) is 0.200. The third-order valence-electron chi connectivity index (χ3n) is 16.5. The van der Waals surface area contributed by atoms with Crippen molar-refractivity contribution in [3.8, 4) is 28.4 Å². The van der Waals surface area contributed by atoms with Crippen LogP contribution in [0.2, 0.25) is 19.6 Å². The van der Waals surface area contributed by atoms with Crippen molar-refractivity contribution in [2.75, 3.05) is 9.80 Å². The van der Waals surface area contributed by atoms with Gasteiger partial charge in [-0.25, -0.2) is 4.98 Å². The normalized spacial score (nSPS) is 13.1. The molecule has 83 heavy (non-hydrogen) atoms. The van der Waals surface area contributed by atoms with Gasteiger partial charge in [0, 0.05) is 66.9 Å². The van der Waals surface area contributed by atoms with Crippen LogP contribution in [0.3, 0.4) is 0 Å². The van der Waals surface area contributed by atoms with Crippen molar-refractivity contribution in [3.05, 3.63) is 254 Å². The van der Waals surface area contributed by atoms with E-state index in [9.17, 15) is 0 Å². The Morgan fingerprint density at radius 3 is 1.65 bits per heavy atom. The molecule has 1 aliphatic rings. The summed E-state index contributed by atoms with van der Waals surface area (Å²) in [5.41, 5.74) is 12.1. The van der Waals surface area contributed by atoms with Gasteiger partial charge in [-0.15, -0.1) is 48.1 Å². The molecule has 0 bridgehead atoms. The first kappa shape index (κ1) is 57.3. The standard InChI is InChI=1S/C75H73N4OSi2.Pt/c1-73(2,3)53-41-42-76-71(47-53)79-68-40-38-64(82(60-28-16-13-17-29-60,61-30-18-14-19-31-61)62-32-20-15-21-33-62)50-67(68)66-39-37-59(49-70(66)79)80-58-27-23-26-56(48-58)77-51-78(57-45-54(74(4,5)6)44-55(46-57)75(7,8)9)72-65(35-24-36-69(72)77)52-25-22-34-63(43-52)81(10,11)12;/h13-47,50-51H,1-12H3;/q-3;. The molecule has 5 nitrogen and oxygen atoms in total. The first-order valence-corrected chi connectivity index (χ1v) is 34.3. The van der Waals surface area contributed by atoms with Crippen LogP contribution in [0.25, 0.3) is 38.8 Å². The predicted octanol–water partition coefficient (Wildman–Crippen LogP) is 16.5. The summed E-state index contributed by atoms with van der Waals surface area (Å²) in [6, 6.07) is 86.0. The molecule has 0 saturated carbocycles. The van der Waals surface area contributed by atoms with Gasteiger partial charge in [0.05, 0.1) is 8.07 Å². The maximum Gasteiger partial charge on any atom is 0.179 e. The number of hydrogen-bond acceptors (Lipinski definition) is 4. The second-order valence-electron chi connectivity index (χ2n) is 26.3. The second kappa shape index (κ2) is 21.9. The Bertz CT molecular complexity index is 4040. The van der Waals surface area contributed by atoms with Gasteiger partial charge < -0.3 is 19.1 Å². The third-order valence-corrected chi connectivity index (χ3v) is 23.3. The summed E-state index contributed by atoms with van der Waals surface area (Å²) in [6.45, 7) is 30.1. The summed E-state index contributed by atoms with van der Waals surface area (Å²) in [6.07, 6.45) is 1.94. The zero-order chi connectivity index (χ0) is 57.3. The van der Waals surface area contributed by atoms with E-state index in [1.807, 2.05) is 12.3 Å². The third kappa shape index (κ3) is 10.8. The second-order valence-corrected chi connectivity index (χ2v) is 35.2. The fourth-order valence-electron chi connectivity index (χ4n) is 11.9. The van der Waals surface area contributed by atoms with Gasteiger partial charge in [-0.2, -0.15) is 12.1 Å². The SMILES string of the molecule is CC(C)(C)c1cc(N2[CH-]N(c3[c-]c(Oc4[c-]c5c(cc4)c4cc([Si](c6ccccc6)(c6ccccc6)c6ccccc6)ccc4n5-c4cc(C(C)(C)C)ccn4)ccc3)c3cccc(-c4cccc([Si](C)(C)C)c4)c32)cc(C(C)(C)C)c1.[Pt]. The largest absolute Gasteiger partial charge is 0.509 e. The molecule has 11 aromatic rings. The van der Waals surface area contributed by atoms with Gasteiger partial charge in [-0.3, -0.25) is 0 Å². The van der Waals surface area contributed by atoms with E-state index in [1.165, 1.54) is 53.8 Å². The number of anilines is 4. The van der Waals surface area contributed by atoms with Gasteiger partial charge in [-0.1, -0.05) is 238 Å². The number of para-hydroxylation sites is 1. The number of aromatic nitrogens is 2. The summed E-state index contributed by atoms with van der Waals surface area (Å²) in [7, 11) is -4.48. The average Bonchev–Trinajstić information content (AvgIpc) is 2.22. The van der Waals surface area contributed by atoms with Crippen LogP contribution in [0.1, 0.15) is 79.0 Å². The summed E-state index contributed by atoms with van der Waals surface area (Å²) in [4.78, 5) is 9.77. The monoisotopic (exact) mass is 1300 g/mol. The van der Waals surface area contributed by atoms with E-state index in [0.29, 0.717) is 11.5 Å². The molecular formula is C75H73N4OPtSi2-3. The molecule has 0 atom stereocenters. The van der Waals surface area contributed by atoms with Crippen molar-refractivity contribution in [3.63, 3.8) is 0 Å². The summed E-state index contributed by atoms with van der Waals surface area (Å²) < 4.78 is 9.23. The van der Waals surface area contributed by atoms with E-state index < -0.39 is 16.1 Å². The van der Waals surface area contributed by atoms with E-state index in [1.54, 1.807) is 0 Å². The van der Waals surface area contributed by atoms with Crippen LogP contribution in [-0.4, -0.2) is 25.7 Å². The van der Waals surface area contributed by atoms with Gasteiger partial charge in [0.2, 0.25) is 0 Å². The Hall–Kier alpha value is -7.55. The van der Waals surface area contributed by atoms with Crippen LogP contribution < -0.4 is 40.5 Å². The Labute approximate surface area is 509 Å². The number of hydrogen-bond donors (Lipinski definition) is 0. The number of rotatable bonds is 11. The Morgan fingerprint density at radius 2 is 1.05 bits per heavy atom. The molecule has 420 valence electrons. The number of nitrogens with zero attached hydrogens (tertiary/aromatic N) is 4. The number of benzene rings is 9. The van der Waals surface area contributed by atoms with Crippen molar-refractivity contribution >= 4 is 86.6 Å². The Kier molecular flexibility index (Phi) is 15.1. The summed E-state index contributed by atoms with van der Waals surface area (Å²) in [5.74, 6) is 2.01. The van der Waals surface area contributed by atoms with Gasteiger partial charge in [0.1, 0.15) is 5.82 Å². The van der Waals surface area contributed by atoms with Crippen molar-refractivity contribution in [2.24, 2.45) is 0 Å². The maximum absolute atomic E-state index is 6.96. The molecule has 2 aromatic heterocycles. The molecule has 3 heterocycles. The van der Waals surface area contributed by atoms with E-state index in [4.69, 9.17) is 9.72 Å². The molecule has 0 N–H and O–H groups in total. The van der Waals surface area contributed by atoms with E-state index in [-0.39, 0.29) is 37.3 Å². The molecule has 0 saturated heterocycles. The molecule has 1 aliphatic heterocycles. The molecule has 0 unspecified atom stereocenters. The van der Waals surface area contributed by atoms with Gasteiger partial charge in [0.15, 0.2) is 8.07 Å². The molecular weight excluding hydrogens is 1220 g/mol. The van der Waals surface area contributed by atoms with Gasteiger partial charge in [0.25, 0.3) is 0 Å². The predicted molar refractivity (Wildman–Crippen MR) is 352 cm³/mol. The van der Waals surface area contributed by atoms with Crippen molar-refractivity contribution < 1.29 is 25.8 Å². The molecule has 0 spiro atoms. The minimum absolute atomic E-state index is 0. The van der Waals surface area contributed by atoms with Crippen molar-refractivity contribution in [1.29, 1.82) is 0 Å². The van der Waals surface area contributed by atoms with Crippen LogP contribution >= 0.6 is 0 Å². The van der Waals surface area contributed by atoms with E-state index >= 15 is 0 Å². The van der Waals surface area contributed by atoms with Crippen LogP contribution in [0, 0.1) is 18.8 Å². The van der Waals surface area contributed by atoms with Crippen LogP contribution in [0.4, 0.5) is 22.7 Å². The van der Waals surface area contributed by atoms with E-state index in [2.05, 4.69) is 321 Å². The van der Waals surface area contributed by atoms with E-state index in [0.717, 1.165) is 50.4 Å². The van der Waals surface area contributed by atoms with Gasteiger partial charge >= 0.3 is 0 Å². The zero-order valence-electron chi connectivity index (χ0n) is 49.9. The Morgan fingerprint density at radius 1 is 0.470 bits per heavy atom. The summed E-state index contributed by atoms with van der Waals surface area (Å²) in [5, 5.41) is 8.92. The first-order valence-electron chi connectivity index (χ1n) is 28.8. The minimum atomic E-state index is -2.86. The average molecular weight is 1300 g/mol. The van der Waals surface area contributed by atoms with Crippen LogP contribution in [-0.2, 0) is 37.3 Å². The molecule has 8 heteroatoms. The number of pyridine rings is 1. The zero-order valence-corrected chi connectivity index (χ0v) is 54.1. The molecule has 9 aromatic carbocycles.